The highest BCUT2D eigenvalue weighted by molar-refractivity contribution is 7.98. The number of hydrogen-bond acceptors (Lipinski definition) is 5. The van der Waals surface area contributed by atoms with Gasteiger partial charge >= 0.3 is 0 Å². The molecule has 0 spiro atoms. The topological polar surface area (TPSA) is 84.1 Å². The van der Waals surface area contributed by atoms with Crippen LogP contribution in [0.4, 0.5) is 5.82 Å². The number of carbonyl (C=O) groups is 1. The summed E-state index contributed by atoms with van der Waals surface area (Å²) in [5.74, 6) is 1.11. The van der Waals surface area contributed by atoms with Gasteiger partial charge < -0.3 is 15.0 Å². The Morgan fingerprint density at radius 1 is 1.16 bits per heavy atom. The highest BCUT2D eigenvalue weighted by Gasteiger charge is 2.32. The van der Waals surface area contributed by atoms with Gasteiger partial charge in [-0.1, -0.05) is 59.8 Å². The van der Waals surface area contributed by atoms with E-state index in [0.717, 1.165) is 11.1 Å². The third-order valence-corrected chi connectivity index (χ3v) is 5.99. The van der Waals surface area contributed by atoms with Crippen LogP contribution in [0, 0.1) is 6.92 Å². The number of anilines is 1. The molecule has 31 heavy (non-hydrogen) atoms. The molecule has 160 valence electrons. The van der Waals surface area contributed by atoms with Crippen molar-refractivity contribution < 1.29 is 9.53 Å². The summed E-state index contributed by atoms with van der Waals surface area (Å²) >= 11 is 1.44. The van der Waals surface area contributed by atoms with E-state index >= 15 is 0 Å². The van der Waals surface area contributed by atoms with Crippen LogP contribution in [0.25, 0.3) is 0 Å². The molecule has 1 aromatic heterocycles. The lowest BCUT2D eigenvalue weighted by molar-refractivity contribution is -0.116. The van der Waals surface area contributed by atoms with Gasteiger partial charge in [0.25, 0.3) is 5.56 Å². The van der Waals surface area contributed by atoms with Gasteiger partial charge in [-0.15, -0.1) is 0 Å². The Morgan fingerprint density at radius 3 is 2.74 bits per heavy atom. The van der Waals surface area contributed by atoms with Crippen molar-refractivity contribution in [3.8, 4) is 5.75 Å². The number of aryl methyl sites for hydroxylation is 1. The van der Waals surface area contributed by atoms with Crippen LogP contribution in [-0.2, 0) is 10.5 Å². The number of aromatic amines is 1. The molecule has 1 aliphatic heterocycles. The van der Waals surface area contributed by atoms with E-state index in [1.165, 1.54) is 17.3 Å². The summed E-state index contributed by atoms with van der Waals surface area (Å²) in [6, 6.07) is 15.8. The van der Waals surface area contributed by atoms with Crippen molar-refractivity contribution in [3.63, 3.8) is 0 Å². The number of thioether (sulfide) groups is 1. The zero-order valence-corrected chi connectivity index (χ0v) is 18.6. The van der Waals surface area contributed by atoms with Crippen LogP contribution in [0.3, 0.4) is 0 Å². The first-order chi connectivity index (χ1) is 14.9. The maximum Gasteiger partial charge on any atom is 0.257 e. The highest BCUT2D eigenvalue weighted by atomic mass is 32.2. The van der Waals surface area contributed by atoms with Crippen LogP contribution in [0.15, 0.2) is 58.5 Å². The number of fused-ring (bicyclic) bond motifs is 1. The summed E-state index contributed by atoms with van der Waals surface area (Å²) in [5.41, 5.74) is 3.38. The Labute approximate surface area is 185 Å². The molecular formula is C24H25N3O3S. The summed E-state index contributed by atoms with van der Waals surface area (Å²) < 4.78 is 5.94. The second-order valence-electron chi connectivity index (χ2n) is 7.92. The lowest BCUT2D eigenvalue weighted by Crippen LogP contribution is -2.31. The minimum Gasteiger partial charge on any atom is -0.491 e. The maximum absolute atomic E-state index is 13.1. The number of amides is 1. The summed E-state index contributed by atoms with van der Waals surface area (Å²) in [7, 11) is 0. The highest BCUT2D eigenvalue weighted by Crippen LogP contribution is 2.39. The number of benzene rings is 2. The molecule has 6 nitrogen and oxygen atoms in total. The number of H-pyrrole nitrogens is 1. The van der Waals surface area contributed by atoms with E-state index in [2.05, 4.69) is 21.4 Å². The van der Waals surface area contributed by atoms with Crippen LogP contribution in [-0.4, -0.2) is 22.0 Å². The SMILES string of the molecule is Cc1cccc(CSc2nc3c(c(=O)[nH]2)[C@@H](c2ccccc2OC(C)C)CC(=O)N3)c1. The molecule has 1 atom stereocenters. The van der Waals surface area contributed by atoms with E-state index < -0.39 is 5.92 Å². The molecule has 3 aromatic rings. The second-order valence-corrected chi connectivity index (χ2v) is 8.88. The van der Waals surface area contributed by atoms with Gasteiger partial charge in [-0.25, -0.2) is 4.98 Å². The van der Waals surface area contributed by atoms with Crippen molar-refractivity contribution in [1.82, 2.24) is 9.97 Å². The zero-order valence-electron chi connectivity index (χ0n) is 17.8. The number of hydrogen-bond donors (Lipinski definition) is 2. The van der Waals surface area contributed by atoms with Gasteiger partial charge in [0.15, 0.2) is 5.16 Å². The fourth-order valence-corrected chi connectivity index (χ4v) is 4.57. The van der Waals surface area contributed by atoms with Crippen molar-refractivity contribution in [2.75, 3.05) is 5.32 Å². The lowest BCUT2D eigenvalue weighted by atomic mass is 9.86. The average molecular weight is 436 g/mol. The van der Waals surface area contributed by atoms with Gasteiger partial charge in [-0.05, 0) is 32.4 Å². The number of nitrogens with one attached hydrogen (secondary N) is 2. The molecule has 2 heterocycles. The summed E-state index contributed by atoms with van der Waals surface area (Å²) in [6.07, 6.45) is 0.154. The third kappa shape index (κ3) is 4.82. The number of nitrogens with zero attached hydrogens (tertiary/aromatic N) is 1. The van der Waals surface area contributed by atoms with E-state index in [1.807, 2.05) is 63.2 Å². The van der Waals surface area contributed by atoms with Gasteiger partial charge in [-0.2, -0.15) is 0 Å². The number of carbonyl (C=O) groups excluding carboxylic acids is 1. The molecule has 0 aliphatic carbocycles. The van der Waals surface area contributed by atoms with E-state index in [-0.39, 0.29) is 24.0 Å². The molecule has 0 saturated heterocycles. The Kier molecular flexibility index (Phi) is 6.13. The van der Waals surface area contributed by atoms with Gasteiger partial charge in [0, 0.05) is 23.7 Å². The van der Waals surface area contributed by atoms with Crippen LogP contribution >= 0.6 is 11.8 Å². The van der Waals surface area contributed by atoms with Crippen LogP contribution in [0.2, 0.25) is 0 Å². The van der Waals surface area contributed by atoms with Crippen LogP contribution in [0.1, 0.15) is 48.4 Å². The first kappa shape index (κ1) is 21.2. The monoisotopic (exact) mass is 435 g/mol. The minimum atomic E-state index is -0.411. The molecule has 0 radical (unpaired) electrons. The average Bonchev–Trinajstić information content (AvgIpc) is 2.71. The van der Waals surface area contributed by atoms with E-state index in [9.17, 15) is 9.59 Å². The molecule has 0 bridgehead atoms. The second kappa shape index (κ2) is 8.98. The predicted molar refractivity (Wildman–Crippen MR) is 123 cm³/mol. The molecule has 2 aromatic carbocycles. The number of ether oxygens (including phenoxy) is 1. The van der Waals surface area contributed by atoms with Gasteiger partial charge in [0.2, 0.25) is 5.91 Å². The van der Waals surface area contributed by atoms with E-state index in [1.54, 1.807) is 0 Å². The maximum atomic E-state index is 13.1. The molecule has 0 unspecified atom stereocenters. The molecular weight excluding hydrogens is 410 g/mol. The molecule has 0 fully saturated rings. The molecule has 7 heteroatoms. The van der Waals surface area contributed by atoms with Crippen molar-refractivity contribution in [2.24, 2.45) is 0 Å². The van der Waals surface area contributed by atoms with Crippen molar-refractivity contribution in [3.05, 3.63) is 81.1 Å². The molecule has 4 rings (SSSR count). The van der Waals surface area contributed by atoms with Crippen LogP contribution in [0.5, 0.6) is 5.75 Å². The molecule has 0 saturated carbocycles. The van der Waals surface area contributed by atoms with Gasteiger partial charge in [-0.3, -0.25) is 9.59 Å². The quantitative estimate of drug-likeness (QED) is 0.436. The molecule has 2 N–H and O–H groups in total. The standard InChI is InChI=1S/C24H25N3O3S/c1-14(2)30-19-10-5-4-9-17(19)18-12-20(28)25-22-21(18)23(29)27-24(26-22)31-13-16-8-6-7-15(3)11-16/h4-11,14,18H,12-13H2,1-3H3,(H2,25,26,27,28,29)/t18-/m1/s1. The van der Waals surface area contributed by atoms with Crippen molar-refractivity contribution >= 4 is 23.5 Å². The number of rotatable bonds is 6. The smallest absolute Gasteiger partial charge is 0.257 e. The lowest BCUT2D eigenvalue weighted by Gasteiger charge is -2.26. The molecule has 1 amide bonds. The van der Waals surface area contributed by atoms with Gasteiger partial charge in [0.1, 0.15) is 11.6 Å². The normalized spacial score (nSPS) is 15.5. The fraction of sp³-hybridized carbons (Fsp3) is 0.292. The summed E-state index contributed by atoms with van der Waals surface area (Å²) in [5, 5.41) is 3.27. The summed E-state index contributed by atoms with van der Waals surface area (Å²) in [4.78, 5) is 33.0. The largest absolute Gasteiger partial charge is 0.491 e. The fourth-order valence-electron chi connectivity index (χ4n) is 3.77. The Hall–Kier alpha value is -3.06. The Bertz CT molecular complexity index is 1170. The number of para-hydroxylation sites is 1. The molecule has 1 aliphatic rings. The summed E-state index contributed by atoms with van der Waals surface area (Å²) in [6.45, 7) is 5.94. The van der Waals surface area contributed by atoms with E-state index in [4.69, 9.17) is 4.74 Å². The number of aromatic nitrogens is 2. The van der Waals surface area contributed by atoms with E-state index in [0.29, 0.717) is 28.0 Å². The first-order valence-corrected chi connectivity index (χ1v) is 11.3. The van der Waals surface area contributed by atoms with Crippen molar-refractivity contribution in [2.45, 2.75) is 50.1 Å². The van der Waals surface area contributed by atoms with Crippen molar-refractivity contribution in [1.29, 1.82) is 0 Å². The van der Waals surface area contributed by atoms with Gasteiger partial charge in [0.05, 0.1) is 11.7 Å². The predicted octanol–water partition coefficient (Wildman–Crippen LogP) is 4.63. The zero-order chi connectivity index (χ0) is 22.0. The Balaban J connectivity index is 1.67. The third-order valence-electron chi connectivity index (χ3n) is 5.04. The van der Waals surface area contributed by atoms with Crippen LogP contribution < -0.4 is 15.6 Å². The minimum absolute atomic E-state index is 0.0187. The Morgan fingerprint density at radius 2 is 1.97 bits per heavy atom. The first-order valence-electron chi connectivity index (χ1n) is 10.3.